The highest BCUT2D eigenvalue weighted by atomic mass is 16.5. The van der Waals surface area contributed by atoms with Crippen molar-refractivity contribution in [2.45, 2.75) is 19.1 Å². The van der Waals surface area contributed by atoms with Crippen molar-refractivity contribution in [3.8, 4) is 0 Å². The number of aromatic nitrogens is 2. The zero-order valence-electron chi connectivity index (χ0n) is 11.4. The predicted molar refractivity (Wildman–Crippen MR) is 73.3 cm³/mol. The number of rotatable bonds is 2. The minimum Gasteiger partial charge on any atom is -0.358 e. The normalized spacial score (nSPS) is 22.9. The number of hydrogen-bond donors (Lipinski definition) is 1. The van der Waals surface area contributed by atoms with Crippen molar-refractivity contribution >= 4 is 12.0 Å². The number of piperazine rings is 1. The summed E-state index contributed by atoms with van der Waals surface area (Å²) < 4.78 is 5.42. The molecule has 108 valence electrons. The molecule has 2 aliphatic heterocycles. The Morgan fingerprint density at radius 1 is 1.25 bits per heavy atom. The summed E-state index contributed by atoms with van der Waals surface area (Å²) in [5.41, 5.74) is 0. The highest BCUT2D eigenvalue weighted by molar-refractivity contribution is 5.74. The van der Waals surface area contributed by atoms with Gasteiger partial charge in [-0.25, -0.2) is 14.8 Å². The Kier molecular flexibility index (Phi) is 3.96. The number of anilines is 1. The summed E-state index contributed by atoms with van der Waals surface area (Å²) >= 11 is 0. The number of nitrogens with one attached hydrogen (secondary N) is 1. The third-order valence-electron chi connectivity index (χ3n) is 3.62. The molecule has 0 aromatic carbocycles. The summed E-state index contributed by atoms with van der Waals surface area (Å²) in [6.07, 6.45) is 5.28. The molecule has 2 fully saturated rings. The van der Waals surface area contributed by atoms with Gasteiger partial charge in [-0.1, -0.05) is 0 Å². The van der Waals surface area contributed by atoms with Gasteiger partial charge in [0.1, 0.15) is 6.23 Å². The maximum Gasteiger partial charge on any atom is 0.319 e. The van der Waals surface area contributed by atoms with Crippen LogP contribution >= 0.6 is 0 Å². The SMILES string of the molecule is O=C(NC1CCCO1)N1CCN(c2ncccn2)CC1. The molecule has 1 atom stereocenters. The number of carbonyl (C=O) groups excluding carboxylic acids is 1. The Balaban J connectivity index is 1.49. The van der Waals surface area contributed by atoms with E-state index in [0.717, 1.165) is 38.5 Å². The summed E-state index contributed by atoms with van der Waals surface area (Å²) in [6, 6.07) is 1.76. The lowest BCUT2D eigenvalue weighted by molar-refractivity contribution is 0.0831. The van der Waals surface area contributed by atoms with Gasteiger partial charge in [-0.3, -0.25) is 0 Å². The van der Waals surface area contributed by atoms with Crippen molar-refractivity contribution in [1.29, 1.82) is 0 Å². The molecule has 0 spiro atoms. The summed E-state index contributed by atoms with van der Waals surface area (Å²) in [4.78, 5) is 24.5. The molecule has 3 rings (SSSR count). The standard InChI is InChI=1S/C13H19N5O2/c19-13(16-11-3-1-10-20-11)18-8-6-17(7-9-18)12-14-4-2-5-15-12/h2,4-5,11H,1,3,6-10H2,(H,16,19). The molecule has 1 unspecified atom stereocenters. The molecule has 2 aliphatic rings. The molecule has 2 amide bonds. The highest BCUT2D eigenvalue weighted by Gasteiger charge is 2.25. The van der Waals surface area contributed by atoms with Gasteiger partial charge >= 0.3 is 6.03 Å². The molecule has 0 aliphatic carbocycles. The van der Waals surface area contributed by atoms with Crippen molar-refractivity contribution in [3.63, 3.8) is 0 Å². The molecular weight excluding hydrogens is 258 g/mol. The first-order valence-corrected chi connectivity index (χ1v) is 7.02. The van der Waals surface area contributed by atoms with Crippen LogP contribution in [-0.2, 0) is 4.74 Å². The third kappa shape index (κ3) is 2.98. The van der Waals surface area contributed by atoms with Gasteiger partial charge in [-0.2, -0.15) is 0 Å². The van der Waals surface area contributed by atoms with E-state index >= 15 is 0 Å². The van der Waals surface area contributed by atoms with E-state index < -0.39 is 0 Å². The Morgan fingerprint density at radius 3 is 2.65 bits per heavy atom. The molecular formula is C13H19N5O2. The van der Waals surface area contributed by atoms with Crippen LogP contribution in [0.25, 0.3) is 0 Å². The van der Waals surface area contributed by atoms with Crippen molar-refractivity contribution in [2.75, 3.05) is 37.7 Å². The number of carbonyl (C=O) groups is 1. The van der Waals surface area contributed by atoms with Crippen LogP contribution in [0, 0.1) is 0 Å². The van der Waals surface area contributed by atoms with Gasteiger partial charge in [0.25, 0.3) is 0 Å². The molecule has 20 heavy (non-hydrogen) atoms. The maximum absolute atomic E-state index is 12.1. The zero-order chi connectivity index (χ0) is 13.8. The van der Waals surface area contributed by atoms with Crippen LogP contribution in [0.4, 0.5) is 10.7 Å². The molecule has 0 bridgehead atoms. The Hall–Kier alpha value is -1.89. The van der Waals surface area contributed by atoms with Crippen LogP contribution in [0.5, 0.6) is 0 Å². The smallest absolute Gasteiger partial charge is 0.319 e. The van der Waals surface area contributed by atoms with Gasteiger partial charge in [0.15, 0.2) is 0 Å². The van der Waals surface area contributed by atoms with Crippen LogP contribution < -0.4 is 10.2 Å². The summed E-state index contributed by atoms with van der Waals surface area (Å²) in [7, 11) is 0. The first-order chi connectivity index (χ1) is 9.83. The van der Waals surface area contributed by atoms with Gasteiger partial charge in [0.05, 0.1) is 0 Å². The quantitative estimate of drug-likeness (QED) is 0.849. The monoisotopic (exact) mass is 277 g/mol. The predicted octanol–water partition coefficient (Wildman–Crippen LogP) is 0.445. The molecule has 7 nitrogen and oxygen atoms in total. The van der Waals surface area contributed by atoms with E-state index in [-0.39, 0.29) is 12.3 Å². The van der Waals surface area contributed by atoms with Gasteiger partial charge in [-0.15, -0.1) is 0 Å². The van der Waals surface area contributed by atoms with E-state index in [1.54, 1.807) is 18.5 Å². The first kappa shape index (κ1) is 13.1. The zero-order valence-corrected chi connectivity index (χ0v) is 11.4. The summed E-state index contributed by atoms with van der Waals surface area (Å²) in [5, 5.41) is 2.92. The number of nitrogens with zero attached hydrogens (tertiary/aromatic N) is 4. The number of amides is 2. The van der Waals surface area contributed by atoms with Crippen LogP contribution in [0.1, 0.15) is 12.8 Å². The first-order valence-electron chi connectivity index (χ1n) is 7.02. The van der Waals surface area contributed by atoms with Crippen LogP contribution in [0.15, 0.2) is 18.5 Å². The van der Waals surface area contributed by atoms with E-state index in [9.17, 15) is 4.79 Å². The number of hydrogen-bond acceptors (Lipinski definition) is 5. The van der Waals surface area contributed by atoms with Crippen LogP contribution in [0.3, 0.4) is 0 Å². The lowest BCUT2D eigenvalue weighted by Crippen LogP contribution is -2.53. The molecule has 1 aromatic rings. The number of urea groups is 1. The van der Waals surface area contributed by atoms with Crippen molar-refractivity contribution in [2.24, 2.45) is 0 Å². The van der Waals surface area contributed by atoms with Crippen molar-refractivity contribution < 1.29 is 9.53 Å². The fraction of sp³-hybridized carbons (Fsp3) is 0.615. The third-order valence-corrected chi connectivity index (χ3v) is 3.62. The minimum absolute atomic E-state index is 0.0365. The van der Waals surface area contributed by atoms with E-state index in [4.69, 9.17) is 4.74 Å². The lowest BCUT2D eigenvalue weighted by Gasteiger charge is -2.35. The van der Waals surface area contributed by atoms with Gasteiger partial charge in [0, 0.05) is 45.2 Å². The second-order valence-corrected chi connectivity index (χ2v) is 4.97. The van der Waals surface area contributed by atoms with Crippen molar-refractivity contribution in [3.05, 3.63) is 18.5 Å². The minimum atomic E-state index is -0.113. The van der Waals surface area contributed by atoms with Crippen molar-refractivity contribution in [1.82, 2.24) is 20.2 Å². The molecule has 3 heterocycles. The fourth-order valence-electron chi connectivity index (χ4n) is 2.48. The molecule has 2 saturated heterocycles. The Bertz CT molecular complexity index is 441. The Labute approximate surface area is 117 Å². The summed E-state index contributed by atoms with van der Waals surface area (Å²) in [5.74, 6) is 0.728. The molecule has 0 radical (unpaired) electrons. The van der Waals surface area contributed by atoms with E-state index in [2.05, 4.69) is 20.2 Å². The van der Waals surface area contributed by atoms with Gasteiger partial charge < -0.3 is 19.9 Å². The molecule has 7 heteroatoms. The molecule has 0 saturated carbocycles. The fourth-order valence-corrected chi connectivity index (χ4v) is 2.48. The van der Waals surface area contributed by atoms with Gasteiger partial charge in [0.2, 0.25) is 5.95 Å². The topological polar surface area (TPSA) is 70.6 Å². The van der Waals surface area contributed by atoms with Gasteiger partial charge in [-0.05, 0) is 18.9 Å². The van der Waals surface area contributed by atoms with Crippen LogP contribution in [-0.4, -0.2) is 59.9 Å². The van der Waals surface area contributed by atoms with E-state index in [0.29, 0.717) is 13.1 Å². The molecule has 1 N–H and O–H groups in total. The number of ether oxygens (including phenoxy) is 1. The van der Waals surface area contributed by atoms with E-state index in [1.807, 2.05) is 4.90 Å². The Morgan fingerprint density at radius 2 is 2.00 bits per heavy atom. The van der Waals surface area contributed by atoms with E-state index in [1.165, 1.54) is 0 Å². The average molecular weight is 277 g/mol. The largest absolute Gasteiger partial charge is 0.358 e. The maximum atomic E-state index is 12.1. The highest BCUT2D eigenvalue weighted by Crippen LogP contribution is 2.12. The molecule has 1 aromatic heterocycles. The van der Waals surface area contributed by atoms with Crippen LogP contribution in [0.2, 0.25) is 0 Å². The summed E-state index contributed by atoms with van der Waals surface area (Å²) in [6.45, 7) is 3.60. The lowest BCUT2D eigenvalue weighted by atomic mass is 10.3. The average Bonchev–Trinajstić information content (AvgIpc) is 3.01. The second-order valence-electron chi connectivity index (χ2n) is 4.97. The second kappa shape index (κ2) is 6.04.